The number of unbranched alkanes of at least 4 members (excludes halogenated alkanes) is 13. The zero-order valence-corrected chi connectivity index (χ0v) is 27.4. The summed E-state index contributed by atoms with van der Waals surface area (Å²) in [6, 6.07) is 4.16. The molecular formula is C35H65NO4. The first-order valence-electron chi connectivity index (χ1n) is 16.5. The normalized spacial score (nSPS) is 12.7. The average molecular weight is 564 g/mol. The molecule has 5 heteroatoms. The first-order chi connectivity index (χ1) is 19.2. The van der Waals surface area contributed by atoms with E-state index in [4.69, 9.17) is 9.84 Å². The first kappa shape index (κ1) is 40.2. The summed E-state index contributed by atoms with van der Waals surface area (Å²) in [6.45, 7) is 14.8. The zero-order chi connectivity index (χ0) is 30.4. The van der Waals surface area contributed by atoms with E-state index in [9.17, 15) is 9.59 Å². The Bertz CT molecular complexity index is 679. The highest BCUT2D eigenvalue weighted by Gasteiger charge is 2.11. The Labute approximate surface area is 248 Å². The van der Waals surface area contributed by atoms with E-state index in [-0.39, 0.29) is 17.8 Å². The van der Waals surface area contributed by atoms with Gasteiger partial charge in [-0.15, -0.1) is 0 Å². The SMILES string of the molecule is CCC(C)C(=O)O.CCC(C)c1ccncc1.CCCCCCCCCCCCCCCCOC(=O)C(C)CC. The topological polar surface area (TPSA) is 76.5 Å². The van der Waals surface area contributed by atoms with Crippen molar-refractivity contribution >= 4 is 11.9 Å². The molecule has 0 aliphatic heterocycles. The third kappa shape index (κ3) is 26.3. The van der Waals surface area contributed by atoms with Crippen molar-refractivity contribution in [2.24, 2.45) is 11.8 Å². The molecule has 0 radical (unpaired) electrons. The van der Waals surface area contributed by atoms with Crippen LogP contribution < -0.4 is 0 Å². The third-order valence-electron chi connectivity index (χ3n) is 7.68. The summed E-state index contributed by atoms with van der Waals surface area (Å²) in [5, 5.41) is 8.18. The number of ether oxygens (including phenoxy) is 1. The molecule has 0 amide bonds. The molecule has 3 atom stereocenters. The van der Waals surface area contributed by atoms with E-state index >= 15 is 0 Å². The molecule has 1 heterocycles. The number of rotatable bonds is 21. The lowest BCUT2D eigenvalue weighted by Gasteiger charge is -2.08. The van der Waals surface area contributed by atoms with E-state index in [0.29, 0.717) is 12.5 Å². The van der Waals surface area contributed by atoms with Crippen molar-refractivity contribution < 1.29 is 19.4 Å². The highest BCUT2D eigenvalue weighted by atomic mass is 16.5. The summed E-state index contributed by atoms with van der Waals surface area (Å²) in [5.74, 6) is -0.186. The van der Waals surface area contributed by atoms with Gasteiger partial charge in [-0.25, -0.2) is 0 Å². The van der Waals surface area contributed by atoms with Crippen molar-refractivity contribution in [2.75, 3.05) is 6.61 Å². The van der Waals surface area contributed by atoms with Crippen molar-refractivity contribution in [3.8, 4) is 0 Å². The van der Waals surface area contributed by atoms with Gasteiger partial charge in [0.15, 0.2) is 0 Å². The van der Waals surface area contributed by atoms with Gasteiger partial charge in [-0.1, -0.05) is 132 Å². The Morgan fingerprint density at radius 3 is 1.45 bits per heavy atom. The first-order valence-corrected chi connectivity index (χ1v) is 16.5. The molecule has 1 rings (SSSR count). The van der Waals surface area contributed by atoms with Crippen molar-refractivity contribution in [3.63, 3.8) is 0 Å². The van der Waals surface area contributed by atoms with Gasteiger partial charge >= 0.3 is 11.9 Å². The predicted molar refractivity (Wildman–Crippen MR) is 171 cm³/mol. The van der Waals surface area contributed by atoms with Gasteiger partial charge in [0.05, 0.1) is 18.4 Å². The van der Waals surface area contributed by atoms with Crippen LogP contribution in [0.2, 0.25) is 0 Å². The third-order valence-corrected chi connectivity index (χ3v) is 7.68. The molecule has 0 aliphatic carbocycles. The number of hydrogen-bond donors (Lipinski definition) is 1. The average Bonchev–Trinajstić information content (AvgIpc) is 2.98. The van der Waals surface area contributed by atoms with E-state index in [1.54, 1.807) is 6.92 Å². The van der Waals surface area contributed by atoms with Crippen molar-refractivity contribution in [1.29, 1.82) is 0 Å². The molecule has 0 saturated carbocycles. The summed E-state index contributed by atoms with van der Waals surface area (Å²) in [5.41, 5.74) is 1.39. The summed E-state index contributed by atoms with van der Waals surface area (Å²) in [6.07, 6.45) is 25.5. The van der Waals surface area contributed by atoms with Gasteiger partial charge < -0.3 is 9.84 Å². The summed E-state index contributed by atoms with van der Waals surface area (Å²) in [7, 11) is 0. The quantitative estimate of drug-likeness (QED) is 0.119. The minimum atomic E-state index is -0.706. The van der Waals surface area contributed by atoms with E-state index in [1.807, 2.05) is 33.2 Å². The van der Waals surface area contributed by atoms with Gasteiger partial charge in [-0.2, -0.15) is 0 Å². The lowest BCUT2D eigenvalue weighted by molar-refractivity contribution is -0.148. The van der Waals surface area contributed by atoms with Crippen LogP contribution in [0.25, 0.3) is 0 Å². The Balaban J connectivity index is 0. The number of pyridine rings is 1. The maximum Gasteiger partial charge on any atom is 0.308 e. The maximum absolute atomic E-state index is 11.5. The van der Waals surface area contributed by atoms with E-state index in [0.717, 1.165) is 19.3 Å². The molecule has 0 fully saturated rings. The molecule has 40 heavy (non-hydrogen) atoms. The summed E-state index contributed by atoms with van der Waals surface area (Å²) in [4.78, 5) is 25.4. The second-order valence-electron chi connectivity index (χ2n) is 11.3. The fourth-order valence-corrected chi connectivity index (χ4v) is 3.88. The second-order valence-corrected chi connectivity index (χ2v) is 11.3. The molecule has 3 unspecified atom stereocenters. The van der Waals surface area contributed by atoms with Gasteiger partial charge in [0.1, 0.15) is 0 Å². The van der Waals surface area contributed by atoms with E-state index < -0.39 is 5.97 Å². The van der Waals surface area contributed by atoms with E-state index in [2.05, 4.69) is 37.9 Å². The number of nitrogens with zero attached hydrogens (tertiary/aromatic N) is 1. The molecule has 1 aromatic rings. The van der Waals surface area contributed by atoms with Gasteiger partial charge in [0, 0.05) is 12.4 Å². The Morgan fingerprint density at radius 1 is 0.675 bits per heavy atom. The summed E-state index contributed by atoms with van der Waals surface area (Å²) < 4.78 is 5.26. The highest BCUT2D eigenvalue weighted by Crippen LogP contribution is 2.16. The van der Waals surface area contributed by atoms with Crippen LogP contribution in [0.4, 0.5) is 0 Å². The van der Waals surface area contributed by atoms with Crippen LogP contribution in [0.1, 0.15) is 169 Å². The maximum atomic E-state index is 11.5. The van der Waals surface area contributed by atoms with Crippen LogP contribution in [0.5, 0.6) is 0 Å². The van der Waals surface area contributed by atoms with Gasteiger partial charge in [0.2, 0.25) is 0 Å². The minimum absolute atomic E-state index is 0.0257. The van der Waals surface area contributed by atoms with E-state index in [1.165, 1.54) is 95.5 Å². The van der Waals surface area contributed by atoms with Crippen LogP contribution in [0.15, 0.2) is 24.5 Å². The lowest BCUT2D eigenvalue weighted by atomic mass is 10.0. The molecule has 0 spiro atoms. The number of hydrogen-bond acceptors (Lipinski definition) is 4. The van der Waals surface area contributed by atoms with Crippen molar-refractivity contribution in [2.45, 2.75) is 164 Å². The Kier molecular flexibility index (Phi) is 30.2. The molecule has 0 aromatic carbocycles. The molecule has 234 valence electrons. The van der Waals surface area contributed by atoms with Gasteiger partial charge in [0.25, 0.3) is 0 Å². The second kappa shape index (κ2) is 30.1. The smallest absolute Gasteiger partial charge is 0.308 e. The van der Waals surface area contributed by atoms with Crippen LogP contribution in [0, 0.1) is 11.8 Å². The standard InChI is InChI=1S/C21H42O2.C9H13N.C5H10O2/c1-4-6-7-8-9-10-11-12-13-14-15-16-17-18-19-23-21(22)20(3)5-2;1-3-8(2)9-4-6-10-7-5-9;1-3-4(2)5(6)7/h20H,4-19H2,1-3H3;4-8H,3H2,1-2H3;4H,3H2,1-2H3,(H,6,7). The monoisotopic (exact) mass is 563 g/mol. The number of carbonyl (C=O) groups is 2. The molecule has 0 saturated heterocycles. The largest absolute Gasteiger partial charge is 0.481 e. The Hall–Kier alpha value is -1.91. The van der Waals surface area contributed by atoms with Crippen LogP contribution in [0.3, 0.4) is 0 Å². The highest BCUT2D eigenvalue weighted by molar-refractivity contribution is 5.71. The van der Waals surface area contributed by atoms with Crippen LogP contribution in [-0.4, -0.2) is 28.6 Å². The van der Waals surface area contributed by atoms with Gasteiger partial charge in [-0.3, -0.25) is 14.6 Å². The van der Waals surface area contributed by atoms with Crippen molar-refractivity contribution in [3.05, 3.63) is 30.1 Å². The number of carboxylic acid groups (broad SMARTS) is 1. The zero-order valence-electron chi connectivity index (χ0n) is 27.4. The number of carboxylic acids is 1. The number of aromatic nitrogens is 1. The van der Waals surface area contributed by atoms with Gasteiger partial charge in [-0.05, 0) is 49.3 Å². The summed E-state index contributed by atoms with van der Waals surface area (Å²) >= 11 is 0. The number of esters is 1. The van der Waals surface area contributed by atoms with Crippen molar-refractivity contribution in [1.82, 2.24) is 4.98 Å². The minimum Gasteiger partial charge on any atom is -0.481 e. The predicted octanol–water partition coefficient (Wildman–Crippen LogP) is 10.8. The molecular weight excluding hydrogens is 498 g/mol. The number of aliphatic carboxylic acids is 1. The number of carbonyl (C=O) groups excluding carboxylic acids is 1. The lowest BCUT2D eigenvalue weighted by Crippen LogP contribution is -2.14. The van der Waals surface area contributed by atoms with Crippen LogP contribution in [-0.2, 0) is 14.3 Å². The van der Waals surface area contributed by atoms with Crippen LogP contribution >= 0.6 is 0 Å². The Morgan fingerprint density at radius 2 is 1.10 bits per heavy atom. The molecule has 0 aliphatic rings. The molecule has 0 bridgehead atoms. The fourth-order valence-electron chi connectivity index (χ4n) is 3.88. The fraction of sp³-hybridized carbons (Fsp3) is 0.800. The molecule has 1 aromatic heterocycles. The molecule has 5 nitrogen and oxygen atoms in total. The molecule has 1 N–H and O–H groups in total.